The highest BCUT2D eigenvalue weighted by Gasteiger charge is 2.09. The summed E-state index contributed by atoms with van der Waals surface area (Å²) in [4.78, 5) is 9.54. The van der Waals surface area contributed by atoms with Gasteiger partial charge in [-0.2, -0.15) is 0 Å². The highest BCUT2D eigenvalue weighted by atomic mass is 15.1. The first-order chi connectivity index (χ1) is 8.77. The summed E-state index contributed by atoms with van der Waals surface area (Å²) in [6.45, 7) is 3.91. The molecular weight excluding hydrogens is 224 g/mol. The third-order valence-corrected chi connectivity index (χ3v) is 3.11. The summed E-state index contributed by atoms with van der Waals surface area (Å²) in [5, 5.41) is 3.40. The second-order valence-corrected chi connectivity index (χ2v) is 4.46. The predicted octanol–water partition coefficient (Wildman–Crippen LogP) is 2.02. The molecule has 0 amide bonds. The fourth-order valence-electron chi connectivity index (χ4n) is 1.85. The summed E-state index contributed by atoms with van der Waals surface area (Å²) in [5.41, 5.74) is 1.24. The third-order valence-electron chi connectivity index (χ3n) is 3.11. The van der Waals surface area contributed by atoms with Gasteiger partial charge in [-0.05, 0) is 19.1 Å². The molecule has 0 aliphatic carbocycles. The number of nitrogens with zero attached hydrogens (tertiary/aromatic N) is 2. The number of aromatic amines is 1. The maximum absolute atomic E-state index is 4.18. The normalized spacial score (nSPS) is 12.3. The molecule has 1 aromatic carbocycles. The molecule has 4 heteroatoms. The van der Waals surface area contributed by atoms with Crippen LogP contribution >= 0.6 is 0 Å². The Bertz CT molecular complexity index is 438. The van der Waals surface area contributed by atoms with Gasteiger partial charge in [-0.3, -0.25) is 0 Å². The average molecular weight is 244 g/mol. The SMILES string of the molecule is CC(CNCc1ncc[nH]1)N(C)c1ccccc1. The molecule has 0 aliphatic rings. The van der Waals surface area contributed by atoms with Crippen LogP contribution in [0, 0.1) is 0 Å². The molecule has 0 radical (unpaired) electrons. The maximum atomic E-state index is 4.18. The molecule has 18 heavy (non-hydrogen) atoms. The number of imidazole rings is 1. The standard InChI is InChI=1S/C14H20N4/c1-12(10-15-11-14-16-8-9-17-14)18(2)13-6-4-3-5-7-13/h3-9,12,15H,10-11H2,1-2H3,(H,16,17). The molecule has 0 fully saturated rings. The van der Waals surface area contributed by atoms with E-state index in [0.717, 1.165) is 18.9 Å². The molecule has 1 heterocycles. The van der Waals surface area contributed by atoms with Crippen molar-refractivity contribution in [1.29, 1.82) is 0 Å². The molecule has 0 aliphatic heterocycles. The first-order valence-corrected chi connectivity index (χ1v) is 6.24. The van der Waals surface area contributed by atoms with E-state index in [4.69, 9.17) is 0 Å². The number of H-pyrrole nitrogens is 1. The monoisotopic (exact) mass is 244 g/mol. The van der Waals surface area contributed by atoms with Crippen molar-refractivity contribution in [2.75, 3.05) is 18.5 Å². The summed E-state index contributed by atoms with van der Waals surface area (Å²) < 4.78 is 0. The summed E-state index contributed by atoms with van der Waals surface area (Å²) in [7, 11) is 2.12. The molecule has 2 aromatic rings. The molecule has 0 bridgehead atoms. The van der Waals surface area contributed by atoms with Gasteiger partial charge < -0.3 is 15.2 Å². The molecule has 1 aromatic heterocycles. The Balaban J connectivity index is 1.79. The number of para-hydroxylation sites is 1. The Kier molecular flexibility index (Phi) is 4.36. The van der Waals surface area contributed by atoms with Crippen LogP contribution < -0.4 is 10.2 Å². The second-order valence-electron chi connectivity index (χ2n) is 4.46. The van der Waals surface area contributed by atoms with Crippen LogP contribution in [0.4, 0.5) is 5.69 Å². The van der Waals surface area contributed by atoms with Gasteiger partial charge >= 0.3 is 0 Å². The zero-order valence-corrected chi connectivity index (χ0v) is 10.9. The minimum Gasteiger partial charge on any atom is -0.371 e. The Hall–Kier alpha value is -1.81. The summed E-state index contributed by atoms with van der Waals surface area (Å²) in [6, 6.07) is 10.9. The van der Waals surface area contributed by atoms with Crippen molar-refractivity contribution in [3.63, 3.8) is 0 Å². The molecule has 4 nitrogen and oxygen atoms in total. The molecule has 96 valence electrons. The van der Waals surface area contributed by atoms with E-state index in [9.17, 15) is 0 Å². The van der Waals surface area contributed by atoms with Gasteiger partial charge in [-0.25, -0.2) is 4.98 Å². The lowest BCUT2D eigenvalue weighted by atomic mass is 10.2. The molecule has 2 N–H and O–H groups in total. The van der Waals surface area contributed by atoms with E-state index >= 15 is 0 Å². The summed E-state index contributed by atoms with van der Waals surface area (Å²) >= 11 is 0. The van der Waals surface area contributed by atoms with Gasteiger partial charge in [0.2, 0.25) is 0 Å². The van der Waals surface area contributed by atoms with Crippen molar-refractivity contribution in [2.24, 2.45) is 0 Å². The van der Waals surface area contributed by atoms with Crippen molar-refractivity contribution >= 4 is 5.69 Å². The number of benzene rings is 1. The Morgan fingerprint density at radius 3 is 2.78 bits per heavy atom. The summed E-state index contributed by atoms with van der Waals surface area (Å²) in [5.74, 6) is 0.976. The zero-order valence-electron chi connectivity index (χ0n) is 10.9. The molecular formula is C14H20N4. The molecule has 1 unspecified atom stereocenters. The van der Waals surface area contributed by atoms with Crippen molar-refractivity contribution in [3.8, 4) is 0 Å². The predicted molar refractivity (Wildman–Crippen MR) is 74.6 cm³/mol. The van der Waals surface area contributed by atoms with Gasteiger partial charge in [0, 0.05) is 37.7 Å². The second kappa shape index (κ2) is 6.21. The van der Waals surface area contributed by atoms with Gasteiger partial charge in [0.05, 0.1) is 6.54 Å². The number of anilines is 1. The fourth-order valence-corrected chi connectivity index (χ4v) is 1.85. The first kappa shape index (κ1) is 12.6. The van der Waals surface area contributed by atoms with Crippen LogP contribution in [0.5, 0.6) is 0 Å². The van der Waals surface area contributed by atoms with Crippen LogP contribution in [-0.2, 0) is 6.54 Å². The quantitative estimate of drug-likeness (QED) is 0.817. The molecule has 2 rings (SSSR count). The number of hydrogen-bond acceptors (Lipinski definition) is 3. The number of rotatable bonds is 6. The zero-order chi connectivity index (χ0) is 12.8. The highest BCUT2D eigenvalue weighted by Crippen LogP contribution is 2.13. The van der Waals surface area contributed by atoms with E-state index in [1.165, 1.54) is 5.69 Å². The van der Waals surface area contributed by atoms with Crippen LogP contribution in [0.25, 0.3) is 0 Å². The van der Waals surface area contributed by atoms with Gasteiger partial charge in [-0.15, -0.1) is 0 Å². The number of likely N-dealkylation sites (N-methyl/N-ethyl adjacent to an activating group) is 1. The van der Waals surface area contributed by atoms with Crippen molar-refractivity contribution in [2.45, 2.75) is 19.5 Å². The van der Waals surface area contributed by atoms with Crippen molar-refractivity contribution in [3.05, 3.63) is 48.5 Å². The van der Waals surface area contributed by atoms with Crippen molar-refractivity contribution < 1.29 is 0 Å². The number of nitrogens with one attached hydrogen (secondary N) is 2. The van der Waals surface area contributed by atoms with E-state index in [1.54, 1.807) is 6.20 Å². The van der Waals surface area contributed by atoms with Gasteiger partial charge in [0.25, 0.3) is 0 Å². The van der Waals surface area contributed by atoms with Crippen LogP contribution in [0.15, 0.2) is 42.7 Å². The smallest absolute Gasteiger partial charge is 0.120 e. The minimum atomic E-state index is 0.433. The first-order valence-electron chi connectivity index (χ1n) is 6.24. The van der Waals surface area contributed by atoms with E-state index < -0.39 is 0 Å². The number of hydrogen-bond donors (Lipinski definition) is 2. The van der Waals surface area contributed by atoms with Crippen molar-refractivity contribution in [1.82, 2.24) is 15.3 Å². The highest BCUT2D eigenvalue weighted by molar-refractivity contribution is 5.45. The molecule has 0 saturated heterocycles. The van der Waals surface area contributed by atoms with E-state index in [2.05, 4.69) is 58.4 Å². The lowest BCUT2D eigenvalue weighted by Crippen LogP contribution is -2.37. The largest absolute Gasteiger partial charge is 0.371 e. The van der Waals surface area contributed by atoms with Crippen LogP contribution in [0.3, 0.4) is 0 Å². The molecule has 0 saturated carbocycles. The minimum absolute atomic E-state index is 0.433. The molecule has 1 atom stereocenters. The lowest BCUT2D eigenvalue weighted by molar-refractivity contribution is 0.576. The summed E-state index contributed by atoms with van der Waals surface area (Å²) in [6.07, 6.45) is 3.62. The van der Waals surface area contributed by atoms with Crippen LogP contribution in [-0.4, -0.2) is 29.6 Å². The lowest BCUT2D eigenvalue weighted by Gasteiger charge is -2.27. The van der Waals surface area contributed by atoms with E-state index in [0.29, 0.717) is 6.04 Å². The van der Waals surface area contributed by atoms with Gasteiger partial charge in [-0.1, -0.05) is 18.2 Å². The maximum Gasteiger partial charge on any atom is 0.120 e. The molecule has 0 spiro atoms. The van der Waals surface area contributed by atoms with E-state index in [-0.39, 0.29) is 0 Å². The topological polar surface area (TPSA) is 44.0 Å². The third kappa shape index (κ3) is 3.34. The Morgan fingerprint density at radius 1 is 1.33 bits per heavy atom. The van der Waals surface area contributed by atoms with Crippen LogP contribution in [0.2, 0.25) is 0 Å². The fraction of sp³-hybridized carbons (Fsp3) is 0.357. The number of aromatic nitrogens is 2. The van der Waals surface area contributed by atoms with Gasteiger partial charge in [0.15, 0.2) is 0 Å². The van der Waals surface area contributed by atoms with Gasteiger partial charge in [0.1, 0.15) is 5.82 Å². The average Bonchev–Trinajstić information content (AvgIpc) is 2.92. The Morgan fingerprint density at radius 2 is 2.11 bits per heavy atom. The van der Waals surface area contributed by atoms with E-state index in [1.807, 2.05) is 12.3 Å². The van der Waals surface area contributed by atoms with Crippen LogP contribution in [0.1, 0.15) is 12.7 Å². The Labute approximate surface area is 108 Å².